The molecule has 2 rings (SSSR count). The molecule has 0 radical (unpaired) electrons. The Morgan fingerprint density at radius 3 is 2.20 bits per heavy atom. The lowest BCUT2D eigenvalue weighted by Crippen LogP contribution is -2.22. The Morgan fingerprint density at radius 1 is 0.960 bits per heavy atom. The maximum Gasteiger partial charge on any atom is 0.308 e. The monoisotopic (exact) mass is 341 g/mol. The number of amides is 1. The van der Waals surface area contributed by atoms with Gasteiger partial charge in [-0.05, 0) is 41.8 Å². The van der Waals surface area contributed by atoms with Crippen molar-refractivity contribution in [3.05, 3.63) is 65.2 Å². The first kappa shape index (κ1) is 18.5. The summed E-state index contributed by atoms with van der Waals surface area (Å²) in [6, 6.07) is 15.0. The van der Waals surface area contributed by atoms with Crippen molar-refractivity contribution in [2.45, 2.75) is 26.3 Å². The maximum atomic E-state index is 12.1. The van der Waals surface area contributed by atoms with Gasteiger partial charge in [-0.25, -0.2) is 0 Å². The molecule has 0 heterocycles. The van der Waals surface area contributed by atoms with E-state index in [2.05, 4.69) is 17.0 Å². The standard InChI is InChI=1S/C20H23NO4/c1-3-15-4-8-17(9-5-15)20(23)21-14-16-6-10-18(11-7-16)25-13-12-19(22)24-2/h4-11H,3,12-14H2,1-2H3,(H,21,23). The summed E-state index contributed by atoms with van der Waals surface area (Å²) in [6.45, 7) is 2.80. The molecule has 0 fully saturated rings. The number of benzene rings is 2. The van der Waals surface area contributed by atoms with Crippen LogP contribution in [0.1, 0.15) is 34.8 Å². The fourth-order valence-corrected chi connectivity index (χ4v) is 2.23. The number of carbonyl (C=O) groups excluding carboxylic acids is 2. The van der Waals surface area contributed by atoms with Crippen LogP contribution in [0, 0.1) is 0 Å². The number of methoxy groups -OCH3 is 1. The quantitative estimate of drug-likeness (QED) is 0.749. The van der Waals surface area contributed by atoms with Gasteiger partial charge in [-0.3, -0.25) is 9.59 Å². The number of rotatable bonds is 8. The SMILES string of the molecule is CCc1ccc(C(=O)NCc2ccc(OCCC(=O)OC)cc2)cc1. The first-order valence-electron chi connectivity index (χ1n) is 8.28. The fourth-order valence-electron chi connectivity index (χ4n) is 2.23. The van der Waals surface area contributed by atoms with Crippen LogP contribution >= 0.6 is 0 Å². The molecule has 1 amide bonds. The van der Waals surface area contributed by atoms with Crippen molar-refractivity contribution in [1.29, 1.82) is 0 Å². The number of ether oxygens (including phenoxy) is 2. The van der Waals surface area contributed by atoms with Crippen LogP contribution in [0.5, 0.6) is 5.75 Å². The zero-order chi connectivity index (χ0) is 18.1. The minimum Gasteiger partial charge on any atom is -0.493 e. The third-order valence-electron chi connectivity index (χ3n) is 3.80. The van der Waals surface area contributed by atoms with E-state index in [9.17, 15) is 9.59 Å². The van der Waals surface area contributed by atoms with Gasteiger partial charge >= 0.3 is 5.97 Å². The van der Waals surface area contributed by atoms with Crippen LogP contribution in [0.25, 0.3) is 0 Å². The molecule has 5 heteroatoms. The molecule has 0 unspecified atom stereocenters. The molecule has 0 spiro atoms. The largest absolute Gasteiger partial charge is 0.493 e. The summed E-state index contributed by atoms with van der Waals surface area (Å²) >= 11 is 0. The van der Waals surface area contributed by atoms with E-state index >= 15 is 0 Å². The number of aryl methyl sites for hydroxylation is 1. The Hall–Kier alpha value is -2.82. The third-order valence-corrected chi connectivity index (χ3v) is 3.80. The van der Waals surface area contributed by atoms with Crippen molar-refractivity contribution in [1.82, 2.24) is 5.32 Å². The second-order valence-corrected chi connectivity index (χ2v) is 5.55. The van der Waals surface area contributed by atoms with Crippen molar-refractivity contribution in [3.63, 3.8) is 0 Å². The second kappa shape index (κ2) is 9.47. The van der Waals surface area contributed by atoms with E-state index in [1.54, 1.807) is 0 Å². The van der Waals surface area contributed by atoms with Gasteiger partial charge in [-0.1, -0.05) is 31.2 Å². The summed E-state index contributed by atoms with van der Waals surface area (Å²) in [7, 11) is 1.35. The second-order valence-electron chi connectivity index (χ2n) is 5.55. The zero-order valence-corrected chi connectivity index (χ0v) is 14.6. The maximum absolute atomic E-state index is 12.1. The Balaban J connectivity index is 1.80. The molecule has 2 aromatic rings. The minimum absolute atomic E-state index is 0.0962. The van der Waals surface area contributed by atoms with E-state index in [4.69, 9.17) is 4.74 Å². The average Bonchev–Trinajstić information content (AvgIpc) is 2.67. The fraction of sp³-hybridized carbons (Fsp3) is 0.300. The summed E-state index contributed by atoms with van der Waals surface area (Å²) in [5, 5.41) is 2.90. The number of esters is 1. The van der Waals surface area contributed by atoms with E-state index in [1.807, 2.05) is 48.5 Å². The minimum atomic E-state index is -0.300. The van der Waals surface area contributed by atoms with Crippen LogP contribution in [-0.4, -0.2) is 25.6 Å². The Labute approximate surface area is 148 Å². The summed E-state index contributed by atoms with van der Waals surface area (Å²) in [4.78, 5) is 23.2. The van der Waals surface area contributed by atoms with Crippen LogP contribution in [0.4, 0.5) is 0 Å². The van der Waals surface area contributed by atoms with Crippen molar-refractivity contribution in [2.75, 3.05) is 13.7 Å². The highest BCUT2D eigenvalue weighted by Gasteiger charge is 2.05. The van der Waals surface area contributed by atoms with Crippen molar-refractivity contribution < 1.29 is 19.1 Å². The summed E-state index contributed by atoms with van der Waals surface area (Å²) in [5.74, 6) is 0.279. The van der Waals surface area contributed by atoms with E-state index in [1.165, 1.54) is 12.7 Å². The lowest BCUT2D eigenvalue weighted by molar-refractivity contribution is -0.141. The van der Waals surface area contributed by atoms with Crippen LogP contribution in [0.2, 0.25) is 0 Å². The molecule has 5 nitrogen and oxygen atoms in total. The van der Waals surface area contributed by atoms with Gasteiger partial charge in [0.05, 0.1) is 20.1 Å². The highest BCUT2D eigenvalue weighted by molar-refractivity contribution is 5.94. The predicted molar refractivity (Wildman–Crippen MR) is 95.6 cm³/mol. The molecule has 0 aliphatic rings. The molecule has 0 atom stereocenters. The van der Waals surface area contributed by atoms with Gasteiger partial charge in [0.1, 0.15) is 5.75 Å². The number of hydrogen-bond donors (Lipinski definition) is 1. The first-order chi connectivity index (χ1) is 12.1. The van der Waals surface area contributed by atoms with E-state index in [-0.39, 0.29) is 24.9 Å². The van der Waals surface area contributed by atoms with Crippen molar-refractivity contribution in [3.8, 4) is 5.75 Å². The Bertz CT molecular complexity index is 693. The van der Waals surface area contributed by atoms with Gasteiger partial charge in [0.15, 0.2) is 0 Å². The van der Waals surface area contributed by atoms with Crippen LogP contribution in [-0.2, 0) is 22.5 Å². The van der Waals surface area contributed by atoms with E-state index < -0.39 is 0 Å². The molecule has 0 aromatic heterocycles. The molecule has 0 bridgehead atoms. The van der Waals surface area contributed by atoms with Crippen LogP contribution < -0.4 is 10.1 Å². The number of nitrogens with one attached hydrogen (secondary N) is 1. The molecule has 1 N–H and O–H groups in total. The molecule has 0 saturated carbocycles. The van der Waals surface area contributed by atoms with Crippen LogP contribution in [0.15, 0.2) is 48.5 Å². The topological polar surface area (TPSA) is 64.6 Å². The summed E-state index contributed by atoms with van der Waals surface area (Å²) < 4.78 is 10.0. The summed E-state index contributed by atoms with van der Waals surface area (Å²) in [5.41, 5.74) is 2.83. The van der Waals surface area contributed by atoms with Gasteiger partial charge in [-0.2, -0.15) is 0 Å². The zero-order valence-electron chi connectivity index (χ0n) is 14.6. The highest BCUT2D eigenvalue weighted by Crippen LogP contribution is 2.13. The average molecular weight is 341 g/mol. The number of hydrogen-bond acceptors (Lipinski definition) is 4. The lowest BCUT2D eigenvalue weighted by atomic mass is 10.1. The molecule has 2 aromatic carbocycles. The Kier molecular flexibility index (Phi) is 7.01. The van der Waals surface area contributed by atoms with E-state index in [0.717, 1.165) is 12.0 Å². The summed E-state index contributed by atoms with van der Waals surface area (Å²) in [6.07, 6.45) is 1.17. The molecule has 25 heavy (non-hydrogen) atoms. The third kappa shape index (κ3) is 5.95. The molecular weight excluding hydrogens is 318 g/mol. The lowest BCUT2D eigenvalue weighted by Gasteiger charge is -2.08. The number of carbonyl (C=O) groups is 2. The van der Waals surface area contributed by atoms with Gasteiger partial charge in [0, 0.05) is 12.1 Å². The molecule has 0 aliphatic heterocycles. The first-order valence-corrected chi connectivity index (χ1v) is 8.28. The van der Waals surface area contributed by atoms with Crippen LogP contribution in [0.3, 0.4) is 0 Å². The molecule has 0 aliphatic carbocycles. The smallest absolute Gasteiger partial charge is 0.308 e. The highest BCUT2D eigenvalue weighted by atomic mass is 16.5. The molecular formula is C20H23NO4. The van der Waals surface area contributed by atoms with Gasteiger partial charge in [0.2, 0.25) is 0 Å². The van der Waals surface area contributed by atoms with Gasteiger partial charge < -0.3 is 14.8 Å². The van der Waals surface area contributed by atoms with Crippen molar-refractivity contribution in [2.24, 2.45) is 0 Å². The molecule has 0 saturated heterocycles. The predicted octanol–water partition coefficient (Wildman–Crippen LogP) is 3.12. The van der Waals surface area contributed by atoms with Crippen molar-refractivity contribution >= 4 is 11.9 Å². The van der Waals surface area contributed by atoms with Gasteiger partial charge in [-0.15, -0.1) is 0 Å². The normalized spacial score (nSPS) is 10.2. The molecule has 132 valence electrons. The Morgan fingerprint density at radius 2 is 1.60 bits per heavy atom. The van der Waals surface area contributed by atoms with Gasteiger partial charge in [0.25, 0.3) is 5.91 Å². The van der Waals surface area contributed by atoms with E-state index in [0.29, 0.717) is 17.9 Å².